The molecule has 4 atom stereocenters. The van der Waals surface area contributed by atoms with Crippen molar-refractivity contribution in [3.63, 3.8) is 0 Å². The Morgan fingerprint density at radius 3 is 2.88 bits per heavy atom. The number of carbonyl (C=O) groups is 1. The third-order valence-corrected chi connectivity index (χ3v) is 4.00. The number of aliphatic hydroxyl groups is 1. The van der Waals surface area contributed by atoms with E-state index < -0.39 is 0 Å². The molecule has 2 aliphatic rings. The molecule has 0 heterocycles. The van der Waals surface area contributed by atoms with Gasteiger partial charge in [0.05, 0.1) is 0 Å². The highest BCUT2D eigenvalue weighted by Crippen LogP contribution is 2.48. The molecule has 0 spiro atoms. The number of rotatable bonds is 4. The summed E-state index contributed by atoms with van der Waals surface area (Å²) in [6, 6.07) is 0.0180. The molecule has 0 aliphatic heterocycles. The number of carbonyl (C=O) groups excluding carboxylic acids is 1. The van der Waals surface area contributed by atoms with Gasteiger partial charge in [-0.1, -0.05) is 6.08 Å². The van der Waals surface area contributed by atoms with E-state index in [1.165, 1.54) is 12.8 Å². The van der Waals surface area contributed by atoms with Crippen LogP contribution in [-0.4, -0.2) is 30.3 Å². The topological polar surface area (TPSA) is 61.4 Å². The van der Waals surface area contributed by atoms with Crippen LogP contribution >= 0.6 is 0 Å². The second-order valence-corrected chi connectivity index (χ2v) is 4.85. The molecule has 3 N–H and O–H groups in total. The molecule has 0 saturated heterocycles. The van der Waals surface area contributed by atoms with Crippen molar-refractivity contribution in [2.45, 2.75) is 25.3 Å². The second-order valence-electron chi connectivity index (χ2n) is 4.85. The fourth-order valence-electron chi connectivity index (χ4n) is 3.27. The van der Waals surface area contributed by atoms with Crippen LogP contribution in [-0.2, 0) is 0 Å². The maximum absolute atomic E-state index is 11.5. The molecule has 2 fully saturated rings. The molecular formula is C12H20N2O2. The summed E-state index contributed by atoms with van der Waals surface area (Å²) in [6.07, 6.45) is 5.22. The van der Waals surface area contributed by atoms with Crippen LogP contribution < -0.4 is 10.6 Å². The lowest BCUT2D eigenvalue weighted by Crippen LogP contribution is -2.49. The van der Waals surface area contributed by atoms with Gasteiger partial charge in [-0.05, 0) is 31.1 Å². The molecular weight excluding hydrogens is 204 g/mol. The van der Waals surface area contributed by atoms with Crippen molar-refractivity contribution in [2.75, 3.05) is 13.2 Å². The summed E-state index contributed by atoms with van der Waals surface area (Å²) in [5.74, 6) is 1.43. The Labute approximate surface area is 96.1 Å². The first kappa shape index (κ1) is 11.5. The minimum atomic E-state index is -0.143. The third-order valence-electron chi connectivity index (χ3n) is 4.00. The second kappa shape index (κ2) is 4.87. The largest absolute Gasteiger partial charge is 0.396 e. The molecule has 2 bridgehead atoms. The van der Waals surface area contributed by atoms with Gasteiger partial charge in [-0.15, -0.1) is 6.58 Å². The van der Waals surface area contributed by atoms with E-state index in [4.69, 9.17) is 0 Å². The summed E-state index contributed by atoms with van der Waals surface area (Å²) >= 11 is 0. The van der Waals surface area contributed by atoms with Gasteiger partial charge in [0.2, 0.25) is 0 Å². The summed E-state index contributed by atoms with van der Waals surface area (Å²) < 4.78 is 0. The molecule has 0 aromatic carbocycles. The van der Waals surface area contributed by atoms with Crippen LogP contribution in [0.2, 0.25) is 0 Å². The predicted molar refractivity (Wildman–Crippen MR) is 61.9 cm³/mol. The quantitative estimate of drug-likeness (QED) is 0.621. The summed E-state index contributed by atoms with van der Waals surface area (Å²) in [4.78, 5) is 11.5. The van der Waals surface area contributed by atoms with Crippen LogP contribution in [0.3, 0.4) is 0 Å². The van der Waals surface area contributed by atoms with Gasteiger partial charge in [-0.25, -0.2) is 4.79 Å². The highest BCUT2D eigenvalue weighted by molar-refractivity contribution is 5.74. The van der Waals surface area contributed by atoms with Crippen LogP contribution in [0.1, 0.15) is 19.3 Å². The number of hydrogen-bond donors (Lipinski definition) is 3. The van der Waals surface area contributed by atoms with Gasteiger partial charge in [0.1, 0.15) is 0 Å². The van der Waals surface area contributed by atoms with E-state index >= 15 is 0 Å². The van der Waals surface area contributed by atoms with Crippen LogP contribution in [0, 0.1) is 17.8 Å². The van der Waals surface area contributed by atoms with Crippen LogP contribution in [0.15, 0.2) is 12.7 Å². The van der Waals surface area contributed by atoms with E-state index in [0.29, 0.717) is 18.4 Å². The molecule has 0 aromatic rings. The molecule has 4 unspecified atom stereocenters. The van der Waals surface area contributed by atoms with E-state index in [1.807, 2.05) is 0 Å². The van der Waals surface area contributed by atoms with Crippen LogP contribution in [0.5, 0.6) is 0 Å². The van der Waals surface area contributed by atoms with Crippen molar-refractivity contribution in [1.82, 2.24) is 10.6 Å². The zero-order chi connectivity index (χ0) is 11.5. The predicted octanol–water partition coefficient (Wildman–Crippen LogP) is 0.879. The van der Waals surface area contributed by atoms with Gasteiger partial charge in [0, 0.05) is 25.1 Å². The number of aliphatic hydroxyl groups excluding tert-OH is 1. The summed E-state index contributed by atoms with van der Waals surface area (Å²) in [5.41, 5.74) is 0. The molecule has 4 heteroatoms. The van der Waals surface area contributed by atoms with Crippen molar-refractivity contribution >= 4 is 6.03 Å². The zero-order valence-corrected chi connectivity index (χ0v) is 9.48. The summed E-state index contributed by atoms with van der Waals surface area (Å²) in [6.45, 7) is 4.22. The van der Waals surface area contributed by atoms with Gasteiger partial charge >= 0.3 is 6.03 Å². The number of amides is 2. The molecule has 0 radical (unpaired) electrons. The molecule has 2 aliphatic carbocycles. The molecule has 16 heavy (non-hydrogen) atoms. The Bertz CT molecular complexity index is 280. The molecule has 0 aromatic heterocycles. The lowest BCUT2D eigenvalue weighted by atomic mass is 9.85. The minimum absolute atomic E-state index is 0.143. The number of nitrogens with one attached hydrogen (secondary N) is 2. The number of fused-ring (bicyclic) bond motifs is 2. The third kappa shape index (κ3) is 2.07. The van der Waals surface area contributed by atoms with Crippen molar-refractivity contribution in [1.29, 1.82) is 0 Å². The Morgan fingerprint density at radius 1 is 1.44 bits per heavy atom. The van der Waals surface area contributed by atoms with E-state index in [0.717, 1.165) is 6.42 Å². The average Bonchev–Trinajstić information content (AvgIpc) is 2.86. The Kier molecular flexibility index (Phi) is 3.49. The van der Waals surface area contributed by atoms with Gasteiger partial charge < -0.3 is 15.7 Å². The first-order valence-corrected chi connectivity index (χ1v) is 6.02. The van der Waals surface area contributed by atoms with E-state index in [2.05, 4.69) is 17.2 Å². The van der Waals surface area contributed by atoms with Gasteiger partial charge in [0.15, 0.2) is 0 Å². The monoisotopic (exact) mass is 224 g/mol. The highest BCUT2D eigenvalue weighted by atomic mass is 16.3. The number of hydrogen-bond acceptors (Lipinski definition) is 2. The lowest BCUT2D eigenvalue weighted by molar-refractivity contribution is 0.144. The molecule has 2 saturated carbocycles. The fourth-order valence-corrected chi connectivity index (χ4v) is 3.27. The highest BCUT2D eigenvalue weighted by Gasteiger charge is 2.47. The van der Waals surface area contributed by atoms with Gasteiger partial charge in [0.25, 0.3) is 0 Å². The van der Waals surface area contributed by atoms with Crippen LogP contribution in [0.4, 0.5) is 4.79 Å². The van der Waals surface area contributed by atoms with E-state index in [9.17, 15) is 9.90 Å². The average molecular weight is 224 g/mol. The summed E-state index contributed by atoms with van der Waals surface area (Å²) in [5, 5.41) is 15.1. The van der Waals surface area contributed by atoms with Crippen molar-refractivity contribution in [3.8, 4) is 0 Å². The van der Waals surface area contributed by atoms with Crippen molar-refractivity contribution in [3.05, 3.63) is 12.7 Å². The lowest BCUT2D eigenvalue weighted by Gasteiger charge is -2.30. The SMILES string of the molecule is C=CCNC(=O)NC1C2CCC(C2)C1CO. The molecule has 90 valence electrons. The summed E-state index contributed by atoms with van der Waals surface area (Å²) in [7, 11) is 0. The molecule has 4 nitrogen and oxygen atoms in total. The fraction of sp³-hybridized carbons (Fsp3) is 0.750. The minimum Gasteiger partial charge on any atom is -0.396 e. The molecule has 2 rings (SSSR count). The normalized spacial score (nSPS) is 36.1. The van der Waals surface area contributed by atoms with Crippen molar-refractivity contribution in [2.24, 2.45) is 17.8 Å². The van der Waals surface area contributed by atoms with Gasteiger partial charge in [-0.3, -0.25) is 0 Å². The maximum Gasteiger partial charge on any atom is 0.315 e. The maximum atomic E-state index is 11.5. The number of urea groups is 1. The Balaban J connectivity index is 1.88. The van der Waals surface area contributed by atoms with Gasteiger partial charge in [-0.2, -0.15) is 0 Å². The Hall–Kier alpha value is -1.03. The van der Waals surface area contributed by atoms with Crippen molar-refractivity contribution < 1.29 is 9.90 Å². The van der Waals surface area contributed by atoms with E-state index in [1.54, 1.807) is 6.08 Å². The first-order valence-electron chi connectivity index (χ1n) is 6.02. The Morgan fingerprint density at radius 2 is 2.19 bits per heavy atom. The van der Waals surface area contributed by atoms with Crippen LogP contribution in [0.25, 0.3) is 0 Å². The zero-order valence-electron chi connectivity index (χ0n) is 9.48. The standard InChI is InChI=1S/C12H20N2O2/c1-2-5-13-12(16)14-11-9-4-3-8(6-9)10(11)7-15/h2,8-11,15H,1,3-7H2,(H2,13,14,16). The molecule has 2 amide bonds. The van der Waals surface area contributed by atoms with E-state index in [-0.39, 0.29) is 24.6 Å². The first-order chi connectivity index (χ1) is 7.76. The smallest absolute Gasteiger partial charge is 0.315 e.